The summed E-state index contributed by atoms with van der Waals surface area (Å²) in [6, 6.07) is 7.29. The van der Waals surface area contributed by atoms with Crippen LogP contribution in [0.2, 0.25) is 0 Å². The second-order valence-electron chi connectivity index (χ2n) is 4.24. The molecular formula is C13H18N2OS. The van der Waals surface area contributed by atoms with E-state index in [0.29, 0.717) is 0 Å². The lowest BCUT2D eigenvalue weighted by molar-refractivity contribution is 0.192. The SMILES string of the molecule is CCN1CCN(C(=S)c2ccccc2O)CC1. The van der Waals surface area contributed by atoms with Crippen molar-refractivity contribution in [3.8, 4) is 5.75 Å². The van der Waals surface area contributed by atoms with Crippen molar-refractivity contribution in [2.45, 2.75) is 6.92 Å². The summed E-state index contributed by atoms with van der Waals surface area (Å²) in [5.41, 5.74) is 0.771. The van der Waals surface area contributed by atoms with Gasteiger partial charge in [0, 0.05) is 26.2 Å². The van der Waals surface area contributed by atoms with Crippen LogP contribution in [0.4, 0.5) is 0 Å². The van der Waals surface area contributed by atoms with Crippen molar-refractivity contribution < 1.29 is 5.11 Å². The smallest absolute Gasteiger partial charge is 0.125 e. The standard InChI is InChI=1S/C13H18N2OS/c1-2-14-7-9-15(10-8-14)13(17)11-5-3-4-6-12(11)16/h3-6,16H,2,7-10H2,1H3. The molecular weight excluding hydrogens is 232 g/mol. The summed E-state index contributed by atoms with van der Waals surface area (Å²) < 4.78 is 0. The molecule has 4 heteroatoms. The van der Waals surface area contributed by atoms with Crippen LogP contribution >= 0.6 is 12.2 Å². The molecule has 0 bridgehead atoms. The highest BCUT2D eigenvalue weighted by atomic mass is 32.1. The number of phenols is 1. The number of hydrogen-bond acceptors (Lipinski definition) is 3. The highest BCUT2D eigenvalue weighted by molar-refractivity contribution is 7.80. The zero-order valence-corrected chi connectivity index (χ0v) is 10.9. The van der Waals surface area contributed by atoms with Crippen molar-refractivity contribution in [1.29, 1.82) is 0 Å². The Hall–Kier alpha value is -1.13. The van der Waals surface area contributed by atoms with Gasteiger partial charge in [-0.2, -0.15) is 0 Å². The number of aromatic hydroxyl groups is 1. The predicted molar refractivity (Wildman–Crippen MR) is 73.5 cm³/mol. The van der Waals surface area contributed by atoms with E-state index in [1.165, 1.54) is 0 Å². The fraction of sp³-hybridized carbons (Fsp3) is 0.462. The number of benzene rings is 1. The lowest BCUT2D eigenvalue weighted by Gasteiger charge is -2.35. The molecule has 17 heavy (non-hydrogen) atoms. The van der Waals surface area contributed by atoms with Crippen molar-refractivity contribution in [1.82, 2.24) is 9.80 Å². The topological polar surface area (TPSA) is 26.7 Å². The molecule has 0 aliphatic carbocycles. The van der Waals surface area contributed by atoms with E-state index >= 15 is 0 Å². The Bertz CT molecular complexity index is 400. The van der Waals surface area contributed by atoms with Gasteiger partial charge in [-0.25, -0.2) is 0 Å². The quantitative estimate of drug-likeness (QED) is 0.808. The highest BCUT2D eigenvalue weighted by Crippen LogP contribution is 2.19. The Labute approximate surface area is 108 Å². The largest absolute Gasteiger partial charge is 0.507 e. The molecule has 92 valence electrons. The third kappa shape index (κ3) is 2.76. The van der Waals surface area contributed by atoms with E-state index in [0.717, 1.165) is 43.3 Å². The third-order valence-electron chi connectivity index (χ3n) is 3.24. The molecule has 1 heterocycles. The zero-order valence-electron chi connectivity index (χ0n) is 10.1. The van der Waals surface area contributed by atoms with Crippen LogP contribution in [0, 0.1) is 0 Å². The minimum atomic E-state index is 0.274. The first-order chi connectivity index (χ1) is 8.22. The molecule has 1 saturated heterocycles. The second-order valence-corrected chi connectivity index (χ2v) is 4.63. The second kappa shape index (κ2) is 5.47. The van der Waals surface area contributed by atoms with E-state index in [9.17, 15) is 5.11 Å². The van der Waals surface area contributed by atoms with E-state index in [1.54, 1.807) is 6.07 Å². The van der Waals surface area contributed by atoms with Crippen LogP contribution < -0.4 is 0 Å². The lowest BCUT2D eigenvalue weighted by atomic mass is 10.1. The summed E-state index contributed by atoms with van der Waals surface area (Å²) in [4.78, 5) is 5.35. The number of phenolic OH excluding ortho intramolecular Hbond substituents is 1. The molecule has 0 atom stereocenters. The van der Waals surface area contributed by atoms with Crippen molar-refractivity contribution >= 4 is 17.2 Å². The molecule has 1 N–H and O–H groups in total. The Morgan fingerprint density at radius 3 is 2.47 bits per heavy atom. The molecule has 1 aromatic rings. The third-order valence-corrected chi connectivity index (χ3v) is 3.72. The Morgan fingerprint density at radius 1 is 1.24 bits per heavy atom. The van der Waals surface area contributed by atoms with Gasteiger partial charge in [-0.3, -0.25) is 0 Å². The van der Waals surface area contributed by atoms with Crippen molar-refractivity contribution in [2.24, 2.45) is 0 Å². The van der Waals surface area contributed by atoms with Gasteiger partial charge in [0.05, 0.1) is 5.56 Å². The van der Waals surface area contributed by atoms with Gasteiger partial charge in [-0.15, -0.1) is 0 Å². The Balaban J connectivity index is 2.04. The Morgan fingerprint density at radius 2 is 1.88 bits per heavy atom. The predicted octanol–water partition coefficient (Wildman–Crippen LogP) is 1.71. The molecule has 1 fully saturated rings. The summed E-state index contributed by atoms with van der Waals surface area (Å²) in [6.07, 6.45) is 0. The van der Waals surface area contributed by atoms with E-state index in [2.05, 4.69) is 16.7 Å². The van der Waals surface area contributed by atoms with Crippen LogP contribution in [0.5, 0.6) is 5.75 Å². The first-order valence-electron chi connectivity index (χ1n) is 6.02. The molecule has 0 amide bonds. The van der Waals surface area contributed by atoms with Gasteiger partial charge in [0.15, 0.2) is 0 Å². The van der Waals surface area contributed by atoms with Gasteiger partial charge >= 0.3 is 0 Å². The van der Waals surface area contributed by atoms with Gasteiger partial charge in [0.1, 0.15) is 10.7 Å². The van der Waals surface area contributed by atoms with Gasteiger partial charge in [0.2, 0.25) is 0 Å². The molecule has 0 radical (unpaired) electrons. The van der Waals surface area contributed by atoms with Crippen molar-refractivity contribution in [3.63, 3.8) is 0 Å². The first-order valence-corrected chi connectivity index (χ1v) is 6.43. The maximum atomic E-state index is 9.79. The van der Waals surface area contributed by atoms with E-state index < -0.39 is 0 Å². The Kier molecular flexibility index (Phi) is 3.97. The minimum Gasteiger partial charge on any atom is -0.507 e. The fourth-order valence-electron chi connectivity index (χ4n) is 2.09. The molecule has 1 aliphatic rings. The van der Waals surface area contributed by atoms with Crippen LogP contribution in [0.25, 0.3) is 0 Å². The van der Waals surface area contributed by atoms with Crippen molar-refractivity contribution in [3.05, 3.63) is 29.8 Å². The van der Waals surface area contributed by atoms with E-state index in [4.69, 9.17) is 12.2 Å². The van der Waals surface area contributed by atoms with Gasteiger partial charge < -0.3 is 14.9 Å². The molecule has 0 aromatic heterocycles. The summed E-state index contributed by atoms with van der Waals surface area (Å²) in [6.45, 7) is 7.25. The van der Waals surface area contributed by atoms with Crippen LogP contribution in [-0.2, 0) is 0 Å². The van der Waals surface area contributed by atoms with E-state index in [-0.39, 0.29) is 5.75 Å². The number of hydrogen-bond donors (Lipinski definition) is 1. The molecule has 0 saturated carbocycles. The summed E-state index contributed by atoms with van der Waals surface area (Å²) in [5.74, 6) is 0.274. The minimum absolute atomic E-state index is 0.274. The van der Waals surface area contributed by atoms with E-state index in [1.807, 2.05) is 18.2 Å². The van der Waals surface area contributed by atoms with Gasteiger partial charge in [-0.05, 0) is 18.7 Å². The normalized spacial score (nSPS) is 17.1. The number of thiocarbonyl (C=S) groups is 1. The van der Waals surface area contributed by atoms with Gasteiger partial charge in [-0.1, -0.05) is 31.3 Å². The number of nitrogens with zero attached hydrogens (tertiary/aromatic N) is 2. The lowest BCUT2D eigenvalue weighted by Crippen LogP contribution is -2.48. The van der Waals surface area contributed by atoms with Crippen LogP contribution in [0.15, 0.2) is 24.3 Å². The summed E-state index contributed by atoms with van der Waals surface area (Å²) >= 11 is 5.45. The number of para-hydroxylation sites is 1. The number of likely N-dealkylation sites (N-methyl/N-ethyl adjacent to an activating group) is 1. The average Bonchev–Trinajstić information content (AvgIpc) is 2.39. The highest BCUT2D eigenvalue weighted by Gasteiger charge is 2.19. The monoisotopic (exact) mass is 250 g/mol. The molecule has 0 spiro atoms. The van der Waals surface area contributed by atoms with Gasteiger partial charge in [0.25, 0.3) is 0 Å². The van der Waals surface area contributed by atoms with Crippen LogP contribution in [0.1, 0.15) is 12.5 Å². The van der Waals surface area contributed by atoms with Crippen LogP contribution in [0.3, 0.4) is 0 Å². The maximum absolute atomic E-state index is 9.79. The average molecular weight is 250 g/mol. The number of piperazine rings is 1. The molecule has 3 nitrogen and oxygen atoms in total. The maximum Gasteiger partial charge on any atom is 0.125 e. The molecule has 0 unspecified atom stereocenters. The van der Waals surface area contributed by atoms with Crippen LogP contribution in [-0.4, -0.2) is 52.6 Å². The number of rotatable bonds is 2. The zero-order chi connectivity index (χ0) is 12.3. The fourth-order valence-corrected chi connectivity index (χ4v) is 2.45. The summed E-state index contributed by atoms with van der Waals surface area (Å²) in [7, 11) is 0. The van der Waals surface area contributed by atoms with Crippen molar-refractivity contribution in [2.75, 3.05) is 32.7 Å². The molecule has 2 rings (SSSR count). The first kappa shape index (κ1) is 12.3. The molecule has 1 aliphatic heterocycles. The summed E-state index contributed by atoms with van der Waals surface area (Å²) in [5, 5.41) is 9.79. The molecule has 1 aromatic carbocycles.